The summed E-state index contributed by atoms with van der Waals surface area (Å²) >= 11 is 0. The Morgan fingerprint density at radius 3 is 2.71 bits per heavy atom. The minimum Gasteiger partial charge on any atom is -0.398 e. The van der Waals surface area contributed by atoms with Gasteiger partial charge in [-0.25, -0.2) is 5.48 Å². The quantitative estimate of drug-likeness (QED) is 0.633. The minimum atomic E-state index is -4.49. The van der Waals surface area contributed by atoms with E-state index in [4.69, 9.17) is 5.73 Å². The molecule has 0 aliphatic carbocycles. The zero-order chi connectivity index (χ0) is 13.1. The summed E-state index contributed by atoms with van der Waals surface area (Å²) in [6, 6.07) is 4.56. The number of benzene rings is 1. The van der Waals surface area contributed by atoms with Crippen molar-refractivity contribution in [1.29, 1.82) is 0 Å². The molecule has 7 heteroatoms. The first-order valence-corrected chi connectivity index (χ1v) is 4.65. The highest BCUT2D eigenvalue weighted by molar-refractivity contribution is 5.96. The molecular weight excluding hydrogens is 237 g/mol. The van der Waals surface area contributed by atoms with Gasteiger partial charge in [-0.2, -0.15) is 13.2 Å². The van der Waals surface area contributed by atoms with Crippen LogP contribution in [0.2, 0.25) is 0 Å². The molecule has 1 rings (SSSR count). The maximum Gasteiger partial charge on any atom is 0.414 e. The monoisotopic (exact) mass is 248 g/mol. The number of hydroxylamine groups is 1. The Balaban J connectivity index is 2.62. The number of anilines is 1. The van der Waals surface area contributed by atoms with Gasteiger partial charge in [-0.3, -0.25) is 9.63 Å². The first kappa shape index (κ1) is 13.3. The van der Waals surface area contributed by atoms with Crippen LogP contribution in [0, 0.1) is 6.92 Å². The number of hydrogen-bond acceptors (Lipinski definition) is 3. The van der Waals surface area contributed by atoms with E-state index < -0.39 is 18.7 Å². The second-order valence-corrected chi connectivity index (χ2v) is 3.35. The summed E-state index contributed by atoms with van der Waals surface area (Å²) in [5, 5.41) is 0. The van der Waals surface area contributed by atoms with Crippen molar-refractivity contribution in [3.05, 3.63) is 29.3 Å². The Bertz CT molecular complexity index is 419. The van der Waals surface area contributed by atoms with E-state index >= 15 is 0 Å². The molecule has 0 radical (unpaired) electrons. The molecule has 0 saturated heterocycles. The molecule has 0 heterocycles. The van der Waals surface area contributed by atoms with Gasteiger partial charge in [-0.1, -0.05) is 6.07 Å². The van der Waals surface area contributed by atoms with E-state index in [1.54, 1.807) is 18.5 Å². The van der Waals surface area contributed by atoms with E-state index in [0.29, 0.717) is 11.3 Å². The standard InChI is InChI=1S/C10H11F3N2O2/c1-6-7(3-2-4-8(6)14)9(16)15-17-5-10(11,12)13/h2-4H,5,14H2,1H3,(H,15,16). The molecule has 0 unspecified atom stereocenters. The third-order valence-electron chi connectivity index (χ3n) is 2.02. The molecule has 94 valence electrons. The largest absolute Gasteiger partial charge is 0.414 e. The molecule has 3 N–H and O–H groups in total. The molecule has 1 aromatic carbocycles. The summed E-state index contributed by atoms with van der Waals surface area (Å²) in [4.78, 5) is 15.5. The molecule has 4 nitrogen and oxygen atoms in total. The summed E-state index contributed by atoms with van der Waals surface area (Å²) in [6.07, 6.45) is -4.49. The minimum absolute atomic E-state index is 0.173. The lowest BCUT2D eigenvalue weighted by Gasteiger charge is -2.10. The van der Waals surface area contributed by atoms with Crippen LogP contribution >= 0.6 is 0 Å². The van der Waals surface area contributed by atoms with Crippen LogP contribution in [0.3, 0.4) is 0 Å². The Morgan fingerprint density at radius 1 is 1.47 bits per heavy atom. The predicted octanol–water partition coefficient (Wildman–Crippen LogP) is 1.80. The number of nitrogens with one attached hydrogen (secondary N) is 1. The lowest BCUT2D eigenvalue weighted by molar-refractivity contribution is -0.184. The van der Waals surface area contributed by atoms with E-state index in [1.807, 2.05) is 0 Å². The van der Waals surface area contributed by atoms with Crippen molar-refractivity contribution < 1.29 is 22.8 Å². The SMILES string of the molecule is Cc1c(N)cccc1C(=O)NOCC(F)(F)F. The van der Waals surface area contributed by atoms with Crippen LogP contribution in [0.4, 0.5) is 18.9 Å². The molecular formula is C10H11F3N2O2. The van der Waals surface area contributed by atoms with E-state index in [0.717, 1.165) is 0 Å². The molecule has 0 bridgehead atoms. The van der Waals surface area contributed by atoms with Crippen LogP contribution in [0.5, 0.6) is 0 Å². The maximum absolute atomic E-state index is 11.8. The Hall–Kier alpha value is -1.76. The smallest absolute Gasteiger partial charge is 0.398 e. The number of carbonyl (C=O) groups is 1. The highest BCUT2D eigenvalue weighted by atomic mass is 19.4. The molecule has 1 amide bonds. The van der Waals surface area contributed by atoms with Crippen molar-refractivity contribution in [1.82, 2.24) is 5.48 Å². The molecule has 0 saturated carbocycles. The number of hydrogen-bond donors (Lipinski definition) is 2. The molecule has 0 atom stereocenters. The van der Waals surface area contributed by atoms with Gasteiger partial charge in [0, 0.05) is 11.3 Å². The summed E-state index contributed by atoms with van der Waals surface area (Å²) < 4.78 is 35.3. The molecule has 0 spiro atoms. The number of halogens is 3. The number of nitrogens with two attached hydrogens (primary N) is 1. The summed E-state index contributed by atoms with van der Waals surface area (Å²) in [5.41, 5.74) is 8.31. The normalized spacial score (nSPS) is 11.3. The summed E-state index contributed by atoms with van der Waals surface area (Å²) in [5.74, 6) is -0.765. The van der Waals surface area contributed by atoms with E-state index in [1.165, 1.54) is 12.1 Å². The van der Waals surface area contributed by atoms with Crippen LogP contribution in [-0.2, 0) is 4.84 Å². The topological polar surface area (TPSA) is 64.4 Å². The second-order valence-electron chi connectivity index (χ2n) is 3.35. The lowest BCUT2D eigenvalue weighted by Crippen LogP contribution is -2.30. The van der Waals surface area contributed by atoms with Gasteiger partial charge in [-0.05, 0) is 24.6 Å². The van der Waals surface area contributed by atoms with Crippen molar-refractivity contribution >= 4 is 11.6 Å². The van der Waals surface area contributed by atoms with E-state index in [9.17, 15) is 18.0 Å². The molecule has 1 aromatic rings. The van der Waals surface area contributed by atoms with E-state index in [2.05, 4.69) is 4.84 Å². The van der Waals surface area contributed by atoms with Crippen LogP contribution in [-0.4, -0.2) is 18.7 Å². The van der Waals surface area contributed by atoms with Crippen LogP contribution < -0.4 is 11.2 Å². The van der Waals surface area contributed by atoms with Crippen molar-refractivity contribution in [2.75, 3.05) is 12.3 Å². The van der Waals surface area contributed by atoms with Gasteiger partial charge in [-0.15, -0.1) is 0 Å². The number of carbonyl (C=O) groups excluding carboxylic acids is 1. The van der Waals surface area contributed by atoms with Crippen LogP contribution in [0.25, 0.3) is 0 Å². The highest BCUT2D eigenvalue weighted by Gasteiger charge is 2.28. The molecule has 0 aromatic heterocycles. The molecule has 0 aliphatic heterocycles. The fourth-order valence-electron chi connectivity index (χ4n) is 1.14. The predicted molar refractivity (Wildman–Crippen MR) is 55.1 cm³/mol. The third kappa shape index (κ3) is 3.95. The fourth-order valence-corrected chi connectivity index (χ4v) is 1.14. The molecule has 0 fully saturated rings. The third-order valence-corrected chi connectivity index (χ3v) is 2.02. The molecule has 0 aliphatic rings. The highest BCUT2D eigenvalue weighted by Crippen LogP contribution is 2.16. The van der Waals surface area contributed by atoms with Crippen molar-refractivity contribution in [2.24, 2.45) is 0 Å². The van der Waals surface area contributed by atoms with Gasteiger partial charge in [0.05, 0.1) is 0 Å². The van der Waals surface area contributed by atoms with Gasteiger partial charge < -0.3 is 5.73 Å². The van der Waals surface area contributed by atoms with Crippen molar-refractivity contribution in [2.45, 2.75) is 13.1 Å². The summed E-state index contributed by atoms with van der Waals surface area (Å²) in [6.45, 7) is 0.0497. The first-order chi connectivity index (χ1) is 7.81. The van der Waals surface area contributed by atoms with Crippen LogP contribution in [0.15, 0.2) is 18.2 Å². The second kappa shape index (κ2) is 5.05. The number of nitrogen functional groups attached to an aromatic ring is 1. The molecule has 17 heavy (non-hydrogen) atoms. The maximum atomic E-state index is 11.8. The number of rotatable bonds is 3. The van der Waals surface area contributed by atoms with Gasteiger partial charge in [0.2, 0.25) is 0 Å². The average Bonchev–Trinajstić information content (AvgIpc) is 2.20. The van der Waals surface area contributed by atoms with Crippen LogP contribution in [0.1, 0.15) is 15.9 Å². The van der Waals surface area contributed by atoms with Gasteiger partial charge in [0.1, 0.15) is 0 Å². The lowest BCUT2D eigenvalue weighted by atomic mass is 10.1. The fraction of sp³-hybridized carbons (Fsp3) is 0.300. The first-order valence-electron chi connectivity index (χ1n) is 4.65. The zero-order valence-electron chi connectivity index (χ0n) is 8.97. The van der Waals surface area contributed by atoms with Crippen molar-refractivity contribution in [3.63, 3.8) is 0 Å². The van der Waals surface area contributed by atoms with Crippen molar-refractivity contribution in [3.8, 4) is 0 Å². The number of amides is 1. The Morgan fingerprint density at radius 2 is 2.12 bits per heavy atom. The zero-order valence-corrected chi connectivity index (χ0v) is 8.97. The average molecular weight is 248 g/mol. The van der Waals surface area contributed by atoms with Gasteiger partial charge >= 0.3 is 6.18 Å². The van der Waals surface area contributed by atoms with E-state index in [-0.39, 0.29) is 5.56 Å². The number of alkyl halides is 3. The Labute approximate surface area is 95.5 Å². The van der Waals surface area contributed by atoms with Gasteiger partial charge in [0.15, 0.2) is 6.61 Å². The van der Waals surface area contributed by atoms with Gasteiger partial charge in [0.25, 0.3) is 5.91 Å². The summed E-state index contributed by atoms with van der Waals surface area (Å²) in [7, 11) is 0. The Kier molecular flexibility index (Phi) is 3.95.